The highest BCUT2D eigenvalue weighted by Crippen LogP contribution is 2.26. The van der Waals surface area contributed by atoms with E-state index in [-0.39, 0.29) is 6.04 Å². The topological polar surface area (TPSA) is 54.3 Å². The number of aromatic nitrogens is 1. The van der Waals surface area contributed by atoms with Crippen LogP contribution in [0.4, 0.5) is 0 Å². The Morgan fingerprint density at radius 1 is 1.25 bits per heavy atom. The van der Waals surface area contributed by atoms with Gasteiger partial charge in [0.1, 0.15) is 0 Å². The average Bonchev–Trinajstić information content (AvgIpc) is 3.01. The van der Waals surface area contributed by atoms with Gasteiger partial charge in [-0.3, -0.25) is 4.90 Å². The zero-order valence-corrected chi connectivity index (χ0v) is 15.5. The summed E-state index contributed by atoms with van der Waals surface area (Å²) in [6.45, 7) is 4.74. The van der Waals surface area contributed by atoms with E-state index in [2.05, 4.69) is 58.5 Å². The number of para-hydroxylation sites is 1. The third kappa shape index (κ3) is 3.82. The van der Waals surface area contributed by atoms with Crippen molar-refractivity contribution in [3.8, 4) is 0 Å². The predicted octanol–water partition coefficient (Wildman–Crippen LogP) is 2.33. The van der Waals surface area contributed by atoms with Crippen LogP contribution in [0.3, 0.4) is 0 Å². The number of sulfonamides is 1. The van der Waals surface area contributed by atoms with Gasteiger partial charge in [-0.1, -0.05) is 31.5 Å². The van der Waals surface area contributed by atoms with Crippen LogP contribution in [0.2, 0.25) is 0 Å². The van der Waals surface area contributed by atoms with Gasteiger partial charge in [-0.25, -0.2) is 13.1 Å². The Hall–Kier alpha value is -1.37. The lowest BCUT2D eigenvalue weighted by atomic mass is 9.99. The summed E-state index contributed by atoms with van der Waals surface area (Å²) < 4.78 is 28.4. The maximum absolute atomic E-state index is 11.6. The minimum atomic E-state index is -3.17. The summed E-state index contributed by atoms with van der Waals surface area (Å²) in [6.07, 6.45) is 3.38. The maximum Gasteiger partial charge on any atom is 0.209 e. The largest absolute Gasteiger partial charge is 0.346 e. The molecule has 132 valence electrons. The van der Waals surface area contributed by atoms with Gasteiger partial charge in [0, 0.05) is 43.9 Å². The molecule has 5 nitrogen and oxygen atoms in total. The first-order valence-electron chi connectivity index (χ1n) is 8.60. The van der Waals surface area contributed by atoms with Gasteiger partial charge in [-0.2, -0.15) is 0 Å². The molecule has 1 aliphatic rings. The molecule has 3 rings (SSSR count). The van der Waals surface area contributed by atoms with Crippen LogP contribution in [-0.4, -0.2) is 43.3 Å². The van der Waals surface area contributed by atoms with Crippen molar-refractivity contribution in [2.75, 3.05) is 19.3 Å². The van der Waals surface area contributed by atoms with Crippen LogP contribution >= 0.6 is 0 Å². The lowest BCUT2D eigenvalue weighted by Gasteiger charge is -2.17. The van der Waals surface area contributed by atoms with Gasteiger partial charge in [0.15, 0.2) is 0 Å². The van der Waals surface area contributed by atoms with Gasteiger partial charge in [-0.15, -0.1) is 0 Å². The molecule has 1 saturated heterocycles. The molecule has 1 N–H and O–H groups in total. The van der Waals surface area contributed by atoms with Crippen molar-refractivity contribution in [2.45, 2.75) is 32.4 Å². The summed E-state index contributed by atoms with van der Waals surface area (Å²) in [5.74, 6) is 0.388. The molecule has 0 unspecified atom stereocenters. The van der Waals surface area contributed by atoms with Crippen LogP contribution in [0.1, 0.15) is 25.5 Å². The number of aryl methyl sites for hydroxylation is 1. The molecule has 0 spiro atoms. The molecule has 6 heteroatoms. The van der Waals surface area contributed by atoms with Crippen molar-refractivity contribution in [3.63, 3.8) is 0 Å². The highest BCUT2D eigenvalue weighted by molar-refractivity contribution is 7.88. The number of nitrogens with zero attached hydrogens (tertiary/aromatic N) is 2. The van der Waals surface area contributed by atoms with Crippen molar-refractivity contribution in [3.05, 3.63) is 36.0 Å². The van der Waals surface area contributed by atoms with E-state index in [1.165, 1.54) is 22.9 Å². The molecule has 1 aromatic heterocycles. The van der Waals surface area contributed by atoms with Crippen LogP contribution in [0.5, 0.6) is 0 Å². The SMILES string of the molecule is CCC[C@H]1CN(Cc2cc3ccccc3n2C)C[C@@H]1NS(C)(=O)=O. The molecule has 2 heterocycles. The van der Waals surface area contributed by atoms with E-state index in [9.17, 15) is 8.42 Å². The summed E-state index contributed by atoms with van der Waals surface area (Å²) in [4.78, 5) is 2.37. The van der Waals surface area contributed by atoms with E-state index in [0.717, 1.165) is 32.5 Å². The monoisotopic (exact) mass is 349 g/mol. The summed E-state index contributed by atoms with van der Waals surface area (Å²) in [5, 5.41) is 1.25. The smallest absolute Gasteiger partial charge is 0.209 e. The quantitative estimate of drug-likeness (QED) is 0.871. The second kappa shape index (κ2) is 6.86. The Bertz CT molecular complexity index is 813. The fourth-order valence-corrected chi connectivity index (χ4v) is 4.71. The molecular weight excluding hydrogens is 322 g/mol. The van der Waals surface area contributed by atoms with Crippen molar-refractivity contribution < 1.29 is 8.42 Å². The van der Waals surface area contributed by atoms with Gasteiger partial charge >= 0.3 is 0 Å². The normalized spacial score (nSPS) is 22.5. The van der Waals surface area contributed by atoms with Crippen molar-refractivity contribution in [1.82, 2.24) is 14.2 Å². The zero-order valence-electron chi connectivity index (χ0n) is 14.7. The van der Waals surface area contributed by atoms with E-state index < -0.39 is 10.0 Å². The van der Waals surface area contributed by atoms with Gasteiger partial charge in [-0.05, 0) is 29.9 Å². The number of nitrogens with one attached hydrogen (secondary N) is 1. The van der Waals surface area contributed by atoms with Gasteiger partial charge in [0.2, 0.25) is 10.0 Å². The third-order valence-electron chi connectivity index (χ3n) is 4.98. The van der Waals surface area contributed by atoms with E-state index in [1.807, 2.05) is 0 Å². The second-order valence-corrected chi connectivity index (χ2v) is 8.77. The molecule has 2 atom stereocenters. The van der Waals surface area contributed by atoms with Crippen LogP contribution < -0.4 is 4.72 Å². The van der Waals surface area contributed by atoms with Crippen LogP contribution in [0, 0.1) is 5.92 Å². The van der Waals surface area contributed by atoms with Gasteiger partial charge in [0.25, 0.3) is 0 Å². The average molecular weight is 350 g/mol. The molecule has 1 aromatic carbocycles. The number of benzene rings is 1. The maximum atomic E-state index is 11.6. The number of rotatable bonds is 6. The summed E-state index contributed by atoms with van der Waals surface area (Å²) >= 11 is 0. The molecule has 0 amide bonds. The molecular formula is C18H27N3O2S. The lowest BCUT2D eigenvalue weighted by Crippen LogP contribution is -2.39. The molecule has 0 radical (unpaired) electrons. The number of fused-ring (bicyclic) bond motifs is 1. The van der Waals surface area contributed by atoms with E-state index >= 15 is 0 Å². The molecule has 0 saturated carbocycles. The fraction of sp³-hybridized carbons (Fsp3) is 0.556. The molecule has 1 fully saturated rings. The number of likely N-dealkylation sites (tertiary alicyclic amines) is 1. The Kier molecular flexibility index (Phi) is 4.99. The summed E-state index contributed by atoms with van der Waals surface area (Å²) in [6, 6.07) is 10.7. The second-order valence-electron chi connectivity index (χ2n) is 6.99. The third-order valence-corrected chi connectivity index (χ3v) is 5.71. The highest BCUT2D eigenvalue weighted by Gasteiger charge is 2.34. The van der Waals surface area contributed by atoms with Crippen LogP contribution in [0.15, 0.2) is 30.3 Å². The van der Waals surface area contributed by atoms with Gasteiger partial charge in [0.05, 0.1) is 6.26 Å². The molecule has 0 bridgehead atoms. The Morgan fingerprint density at radius 3 is 2.67 bits per heavy atom. The van der Waals surface area contributed by atoms with E-state index in [0.29, 0.717) is 5.92 Å². The Morgan fingerprint density at radius 2 is 2.00 bits per heavy atom. The van der Waals surface area contributed by atoms with E-state index in [1.54, 1.807) is 0 Å². The number of hydrogen-bond acceptors (Lipinski definition) is 3. The first-order valence-corrected chi connectivity index (χ1v) is 10.5. The van der Waals surface area contributed by atoms with E-state index in [4.69, 9.17) is 0 Å². The van der Waals surface area contributed by atoms with Crippen molar-refractivity contribution >= 4 is 20.9 Å². The number of hydrogen-bond donors (Lipinski definition) is 1. The first kappa shape index (κ1) is 17.5. The first-order chi connectivity index (χ1) is 11.4. The van der Waals surface area contributed by atoms with Gasteiger partial charge < -0.3 is 4.57 Å². The molecule has 0 aliphatic carbocycles. The summed E-state index contributed by atoms with van der Waals surface area (Å²) in [5.41, 5.74) is 2.51. The van der Waals surface area contributed by atoms with Crippen molar-refractivity contribution in [2.24, 2.45) is 13.0 Å². The molecule has 24 heavy (non-hydrogen) atoms. The summed E-state index contributed by atoms with van der Waals surface area (Å²) in [7, 11) is -1.06. The molecule has 1 aliphatic heterocycles. The fourth-order valence-electron chi connectivity index (χ4n) is 3.89. The van der Waals surface area contributed by atoms with Crippen LogP contribution in [-0.2, 0) is 23.6 Å². The minimum absolute atomic E-state index is 0.0228. The Labute approximate surface area is 144 Å². The predicted molar refractivity (Wildman–Crippen MR) is 98.4 cm³/mol. The highest BCUT2D eigenvalue weighted by atomic mass is 32.2. The zero-order chi connectivity index (χ0) is 17.3. The van der Waals surface area contributed by atoms with Crippen molar-refractivity contribution in [1.29, 1.82) is 0 Å². The lowest BCUT2D eigenvalue weighted by molar-refractivity contribution is 0.306. The Balaban J connectivity index is 1.76. The molecule has 2 aromatic rings. The standard InChI is InChI=1S/C18H27N3O2S/c1-4-7-15-11-21(13-17(15)19-24(3,22)23)12-16-10-14-8-5-6-9-18(14)20(16)2/h5-6,8-10,15,17,19H,4,7,11-13H2,1-3H3/t15-,17-/m0/s1. The van der Waals surface area contributed by atoms with Crippen LogP contribution in [0.25, 0.3) is 10.9 Å². The minimum Gasteiger partial charge on any atom is -0.346 e.